The number of hydrogen-bond donors (Lipinski definition) is 1. The summed E-state index contributed by atoms with van der Waals surface area (Å²) in [5.41, 5.74) is 0. The van der Waals surface area contributed by atoms with Crippen LogP contribution in [0.25, 0.3) is 0 Å². The molecule has 1 saturated heterocycles. The molecule has 1 N–H and O–H groups in total. The molecule has 2 saturated carbocycles. The number of piperidine rings is 1. The number of likely N-dealkylation sites (tertiary alicyclic amines) is 1. The molecule has 3 rings (SSSR count). The Balaban J connectivity index is 1.40. The second kappa shape index (κ2) is 3.25. The van der Waals surface area contributed by atoms with Crippen molar-refractivity contribution in [3.63, 3.8) is 0 Å². The van der Waals surface area contributed by atoms with Crippen LogP contribution in [0, 0.1) is 5.92 Å². The van der Waals surface area contributed by atoms with Crippen molar-refractivity contribution >= 4 is 0 Å². The second-order valence-electron chi connectivity index (χ2n) is 5.06. The Kier molecular flexibility index (Phi) is 2.06. The first-order valence-electron chi connectivity index (χ1n) is 5.89. The van der Waals surface area contributed by atoms with Gasteiger partial charge in [0.25, 0.3) is 0 Å². The third kappa shape index (κ3) is 1.75. The molecule has 0 radical (unpaired) electrons. The Morgan fingerprint density at radius 3 is 2.69 bits per heavy atom. The largest absolute Gasteiger partial charge is 0.313 e. The van der Waals surface area contributed by atoms with E-state index in [1.165, 1.54) is 51.7 Å². The fraction of sp³-hybridized carbons (Fsp3) is 1.00. The molecule has 13 heavy (non-hydrogen) atoms. The minimum absolute atomic E-state index is 0.889. The van der Waals surface area contributed by atoms with Crippen LogP contribution in [-0.4, -0.2) is 36.6 Å². The molecule has 3 aliphatic rings. The highest BCUT2D eigenvalue weighted by atomic mass is 15.2. The number of rotatable bonds is 4. The van der Waals surface area contributed by atoms with Gasteiger partial charge in [-0.15, -0.1) is 0 Å². The summed E-state index contributed by atoms with van der Waals surface area (Å²) in [6, 6.07) is 1.85. The fourth-order valence-electron chi connectivity index (χ4n) is 3.00. The van der Waals surface area contributed by atoms with Crippen LogP contribution in [0.2, 0.25) is 0 Å². The van der Waals surface area contributed by atoms with Crippen molar-refractivity contribution in [2.75, 3.05) is 19.6 Å². The molecule has 0 spiro atoms. The van der Waals surface area contributed by atoms with Gasteiger partial charge >= 0.3 is 0 Å². The highest BCUT2D eigenvalue weighted by Crippen LogP contribution is 2.36. The Hall–Kier alpha value is -0.0800. The minimum Gasteiger partial charge on any atom is -0.313 e. The van der Waals surface area contributed by atoms with Crippen LogP contribution >= 0.6 is 0 Å². The molecule has 2 aliphatic carbocycles. The molecule has 0 aromatic heterocycles. The molecule has 2 unspecified atom stereocenters. The first kappa shape index (κ1) is 8.25. The lowest BCUT2D eigenvalue weighted by molar-refractivity contribution is 0.214. The first-order valence-corrected chi connectivity index (χ1v) is 5.89. The molecule has 0 aromatic carbocycles. The lowest BCUT2D eigenvalue weighted by atomic mass is 10.1. The van der Waals surface area contributed by atoms with Gasteiger partial charge in [0.15, 0.2) is 0 Å². The van der Waals surface area contributed by atoms with E-state index in [1.807, 2.05) is 0 Å². The first-order chi connectivity index (χ1) is 6.42. The lowest BCUT2D eigenvalue weighted by Gasteiger charge is -2.26. The van der Waals surface area contributed by atoms with E-state index in [2.05, 4.69) is 10.2 Å². The molecule has 3 fully saturated rings. The van der Waals surface area contributed by atoms with Crippen LogP contribution in [0.5, 0.6) is 0 Å². The molecule has 2 heteroatoms. The van der Waals surface area contributed by atoms with Crippen molar-refractivity contribution < 1.29 is 0 Å². The Morgan fingerprint density at radius 2 is 2.08 bits per heavy atom. The zero-order chi connectivity index (χ0) is 8.67. The van der Waals surface area contributed by atoms with Crippen molar-refractivity contribution in [2.24, 2.45) is 5.92 Å². The van der Waals surface area contributed by atoms with Crippen molar-refractivity contribution in [2.45, 2.75) is 44.2 Å². The van der Waals surface area contributed by atoms with Gasteiger partial charge in [0.05, 0.1) is 0 Å². The van der Waals surface area contributed by atoms with Crippen LogP contribution in [-0.2, 0) is 0 Å². The van der Waals surface area contributed by atoms with Crippen LogP contribution < -0.4 is 5.32 Å². The SMILES string of the molecule is C(CN1CC2CCC1C2)NC1CC1. The highest BCUT2D eigenvalue weighted by molar-refractivity contribution is 4.92. The standard InChI is InChI=1S/C11H20N2/c1-4-11-7-9(1)8-13(11)6-5-12-10-2-3-10/h9-12H,1-8H2. The summed E-state index contributed by atoms with van der Waals surface area (Å²) in [6.45, 7) is 3.93. The average Bonchev–Trinajstić information content (AvgIpc) is 2.74. The van der Waals surface area contributed by atoms with Gasteiger partial charge in [-0.2, -0.15) is 0 Å². The maximum absolute atomic E-state index is 3.60. The molecule has 1 heterocycles. The summed E-state index contributed by atoms with van der Waals surface area (Å²) in [4.78, 5) is 2.71. The lowest BCUT2D eigenvalue weighted by Crippen LogP contribution is -2.37. The van der Waals surface area contributed by atoms with Crippen LogP contribution in [0.3, 0.4) is 0 Å². The zero-order valence-electron chi connectivity index (χ0n) is 8.34. The van der Waals surface area contributed by atoms with Crippen LogP contribution in [0.4, 0.5) is 0 Å². The number of nitrogens with one attached hydrogen (secondary N) is 1. The van der Waals surface area contributed by atoms with Gasteiger partial charge in [-0.05, 0) is 38.0 Å². The van der Waals surface area contributed by atoms with Crippen molar-refractivity contribution in [3.8, 4) is 0 Å². The number of hydrogen-bond acceptors (Lipinski definition) is 2. The normalized spacial score (nSPS) is 38.8. The van der Waals surface area contributed by atoms with Gasteiger partial charge in [-0.3, -0.25) is 4.90 Å². The monoisotopic (exact) mass is 180 g/mol. The van der Waals surface area contributed by atoms with E-state index in [0.29, 0.717) is 0 Å². The summed E-state index contributed by atoms with van der Waals surface area (Å²) in [5, 5.41) is 3.60. The Labute approximate surface area is 80.7 Å². The van der Waals surface area contributed by atoms with Gasteiger partial charge in [-0.1, -0.05) is 0 Å². The minimum atomic E-state index is 0.889. The molecule has 1 aliphatic heterocycles. The van der Waals surface area contributed by atoms with E-state index in [1.54, 1.807) is 0 Å². The van der Waals surface area contributed by atoms with E-state index in [-0.39, 0.29) is 0 Å². The van der Waals surface area contributed by atoms with Crippen molar-refractivity contribution in [1.29, 1.82) is 0 Å². The summed E-state index contributed by atoms with van der Waals surface area (Å²) in [5.74, 6) is 1.06. The van der Waals surface area contributed by atoms with Crippen molar-refractivity contribution in [3.05, 3.63) is 0 Å². The third-order valence-electron chi connectivity index (χ3n) is 3.93. The van der Waals surface area contributed by atoms with Gasteiger partial charge in [0.2, 0.25) is 0 Å². The maximum Gasteiger partial charge on any atom is 0.0110 e. The Bertz CT molecular complexity index is 189. The second-order valence-corrected chi connectivity index (χ2v) is 5.06. The summed E-state index contributed by atoms with van der Waals surface area (Å²) < 4.78 is 0. The van der Waals surface area contributed by atoms with Crippen LogP contribution in [0.1, 0.15) is 32.1 Å². The highest BCUT2D eigenvalue weighted by Gasteiger charge is 2.37. The van der Waals surface area contributed by atoms with Gasteiger partial charge < -0.3 is 5.32 Å². The Morgan fingerprint density at radius 1 is 1.15 bits per heavy atom. The summed E-state index contributed by atoms with van der Waals surface area (Å²) in [6.07, 6.45) is 7.34. The summed E-state index contributed by atoms with van der Waals surface area (Å²) >= 11 is 0. The number of nitrogens with zero attached hydrogens (tertiary/aromatic N) is 1. The predicted octanol–water partition coefficient (Wildman–Crippen LogP) is 1.22. The quantitative estimate of drug-likeness (QED) is 0.700. The third-order valence-corrected chi connectivity index (χ3v) is 3.93. The molecular weight excluding hydrogens is 160 g/mol. The fourth-order valence-corrected chi connectivity index (χ4v) is 3.00. The van der Waals surface area contributed by atoms with Crippen molar-refractivity contribution in [1.82, 2.24) is 10.2 Å². The molecule has 2 nitrogen and oxygen atoms in total. The molecule has 2 bridgehead atoms. The summed E-state index contributed by atoms with van der Waals surface area (Å²) in [7, 11) is 0. The molecule has 2 atom stereocenters. The molecular formula is C11H20N2. The van der Waals surface area contributed by atoms with E-state index >= 15 is 0 Å². The van der Waals surface area contributed by atoms with Gasteiger partial charge in [0.1, 0.15) is 0 Å². The zero-order valence-corrected chi connectivity index (χ0v) is 8.34. The molecule has 0 aromatic rings. The predicted molar refractivity (Wildman–Crippen MR) is 53.7 cm³/mol. The maximum atomic E-state index is 3.60. The topological polar surface area (TPSA) is 15.3 Å². The average molecular weight is 180 g/mol. The van der Waals surface area contributed by atoms with Crippen LogP contribution in [0.15, 0.2) is 0 Å². The van der Waals surface area contributed by atoms with E-state index < -0.39 is 0 Å². The van der Waals surface area contributed by atoms with Gasteiger partial charge in [0, 0.05) is 31.7 Å². The molecule has 74 valence electrons. The van der Waals surface area contributed by atoms with E-state index in [0.717, 1.165) is 18.0 Å². The van der Waals surface area contributed by atoms with E-state index in [9.17, 15) is 0 Å². The smallest absolute Gasteiger partial charge is 0.0110 e. The molecule has 0 amide bonds. The number of fused-ring (bicyclic) bond motifs is 2. The van der Waals surface area contributed by atoms with Gasteiger partial charge in [-0.25, -0.2) is 0 Å². The van der Waals surface area contributed by atoms with E-state index in [4.69, 9.17) is 0 Å².